The van der Waals surface area contributed by atoms with Crippen molar-refractivity contribution in [2.24, 2.45) is 0 Å². The molecule has 3 rings (SSSR count). The van der Waals surface area contributed by atoms with Crippen molar-refractivity contribution in [2.45, 2.75) is 0 Å². The number of allylic oxidation sites excluding steroid dienone is 1. The highest BCUT2D eigenvalue weighted by atomic mass is 19.1. The van der Waals surface area contributed by atoms with Gasteiger partial charge in [0.1, 0.15) is 17.5 Å². The minimum Gasteiger partial charge on any atom is -0.465 e. The number of benzene rings is 2. The molecule has 0 bridgehead atoms. The molecular weight excluding hydrogens is 351 g/mol. The largest absolute Gasteiger partial charge is 0.465 e. The van der Waals surface area contributed by atoms with Gasteiger partial charge in [-0.15, -0.1) is 10.2 Å². The van der Waals surface area contributed by atoms with Crippen molar-refractivity contribution in [2.75, 3.05) is 12.4 Å². The van der Waals surface area contributed by atoms with Crippen LogP contribution in [0.1, 0.15) is 16.2 Å². The van der Waals surface area contributed by atoms with E-state index >= 15 is 0 Å². The first-order valence-electron chi connectivity index (χ1n) is 7.71. The van der Waals surface area contributed by atoms with Gasteiger partial charge in [0, 0.05) is 11.9 Å². The van der Waals surface area contributed by atoms with Crippen LogP contribution < -0.4 is 5.32 Å². The van der Waals surface area contributed by atoms with Gasteiger partial charge >= 0.3 is 5.97 Å². The van der Waals surface area contributed by atoms with Gasteiger partial charge in [0.05, 0.1) is 12.7 Å². The Hall–Kier alpha value is -4.06. The number of methoxy groups -OCH3 is 1. The second kappa shape index (κ2) is 7.88. The highest BCUT2D eigenvalue weighted by molar-refractivity contribution is 5.90. The molecule has 0 aliphatic rings. The van der Waals surface area contributed by atoms with Gasteiger partial charge in [-0.05, 0) is 40.6 Å². The molecule has 1 aromatic heterocycles. The third-order valence-corrected chi connectivity index (χ3v) is 3.68. The third kappa shape index (κ3) is 3.96. The van der Waals surface area contributed by atoms with E-state index in [0.29, 0.717) is 11.3 Å². The van der Waals surface area contributed by atoms with Crippen LogP contribution in [-0.2, 0) is 4.74 Å². The number of hydrogen-bond donors (Lipinski definition) is 2. The van der Waals surface area contributed by atoms with E-state index in [4.69, 9.17) is 5.26 Å². The van der Waals surface area contributed by atoms with E-state index in [-0.39, 0.29) is 17.0 Å². The molecule has 0 unspecified atom stereocenters. The monoisotopic (exact) mass is 364 g/mol. The van der Waals surface area contributed by atoms with Gasteiger partial charge in [-0.3, -0.25) is 0 Å². The first-order chi connectivity index (χ1) is 13.1. The zero-order valence-electron chi connectivity index (χ0n) is 14.1. The lowest BCUT2D eigenvalue weighted by Gasteiger charge is -2.07. The highest BCUT2D eigenvalue weighted by Crippen LogP contribution is 2.24. The van der Waals surface area contributed by atoms with Gasteiger partial charge in [-0.25, -0.2) is 9.18 Å². The van der Waals surface area contributed by atoms with Crippen LogP contribution in [-0.4, -0.2) is 33.7 Å². The van der Waals surface area contributed by atoms with Crippen LogP contribution in [0.2, 0.25) is 0 Å². The molecule has 1 heterocycles. The van der Waals surface area contributed by atoms with Crippen molar-refractivity contribution in [3.05, 3.63) is 65.9 Å². The summed E-state index contributed by atoms with van der Waals surface area (Å²) in [5.74, 6) is -1.19. The normalized spacial score (nSPS) is 10.9. The molecule has 0 aliphatic heterocycles. The van der Waals surface area contributed by atoms with Gasteiger partial charge < -0.3 is 10.1 Å². The smallest absolute Gasteiger partial charge is 0.340 e. The van der Waals surface area contributed by atoms with Crippen LogP contribution in [0, 0.1) is 17.1 Å². The Morgan fingerprint density at radius 3 is 2.59 bits per heavy atom. The summed E-state index contributed by atoms with van der Waals surface area (Å²) in [4.78, 5) is 11.5. The summed E-state index contributed by atoms with van der Waals surface area (Å²) in [7, 11) is 1.20. The van der Waals surface area contributed by atoms with E-state index in [9.17, 15) is 9.18 Å². The number of nitrogens with zero attached hydrogens (tertiary/aromatic N) is 4. The molecule has 27 heavy (non-hydrogen) atoms. The summed E-state index contributed by atoms with van der Waals surface area (Å²) in [6.07, 6.45) is 1.46. The minimum absolute atomic E-state index is 0.116. The van der Waals surface area contributed by atoms with Gasteiger partial charge in [0.2, 0.25) is 5.82 Å². The molecule has 0 fully saturated rings. The molecular formula is C18H13FN6O2. The zero-order chi connectivity index (χ0) is 19.2. The van der Waals surface area contributed by atoms with Gasteiger partial charge in [-0.2, -0.15) is 10.5 Å². The Balaban J connectivity index is 1.77. The number of tetrazole rings is 1. The van der Waals surface area contributed by atoms with Crippen molar-refractivity contribution in [1.29, 1.82) is 5.26 Å². The molecule has 0 amide bonds. The second-order valence-corrected chi connectivity index (χ2v) is 5.31. The summed E-state index contributed by atoms with van der Waals surface area (Å²) in [5, 5.41) is 25.3. The van der Waals surface area contributed by atoms with E-state index in [1.807, 2.05) is 6.07 Å². The summed E-state index contributed by atoms with van der Waals surface area (Å²) in [5.41, 5.74) is 2.19. The third-order valence-electron chi connectivity index (χ3n) is 3.68. The second-order valence-electron chi connectivity index (χ2n) is 5.31. The van der Waals surface area contributed by atoms with Gasteiger partial charge in [-0.1, -0.05) is 18.2 Å². The maximum absolute atomic E-state index is 14.1. The first-order valence-corrected chi connectivity index (χ1v) is 7.71. The number of nitrogens with one attached hydrogen (secondary N) is 2. The van der Waals surface area contributed by atoms with Crippen LogP contribution in [0.25, 0.3) is 16.7 Å². The quantitative estimate of drug-likeness (QED) is 0.528. The molecule has 3 aromatic rings. The predicted molar refractivity (Wildman–Crippen MR) is 94.6 cm³/mol. The lowest BCUT2D eigenvalue weighted by molar-refractivity contribution is 0.0595. The molecule has 0 atom stereocenters. The van der Waals surface area contributed by atoms with Crippen molar-refractivity contribution >= 4 is 17.2 Å². The van der Waals surface area contributed by atoms with Gasteiger partial charge in [0.15, 0.2) is 0 Å². The minimum atomic E-state index is -0.722. The molecule has 8 nitrogen and oxygen atoms in total. The number of aromatic amines is 1. The molecule has 0 spiro atoms. The molecule has 0 saturated carbocycles. The fourth-order valence-electron chi connectivity index (χ4n) is 2.31. The van der Waals surface area contributed by atoms with Gasteiger partial charge in [0.25, 0.3) is 0 Å². The lowest BCUT2D eigenvalue weighted by Crippen LogP contribution is -2.04. The summed E-state index contributed by atoms with van der Waals surface area (Å²) < 4.78 is 18.6. The number of anilines is 1. The van der Waals surface area contributed by atoms with Crippen LogP contribution >= 0.6 is 0 Å². The summed E-state index contributed by atoms with van der Waals surface area (Å²) in [6.45, 7) is 0. The molecule has 9 heteroatoms. The Morgan fingerprint density at radius 1 is 1.26 bits per heavy atom. The molecule has 2 N–H and O–H groups in total. The summed E-state index contributed by atoms with van der Waals surface area (Å²) >= 11 is 0. The number of esters is 1. The van der Waals surface area contributed by atoms with E-state index in [2.05, 4.69) is 30.7 Å². The van der Waals surface area contributed by atoms with E-state index in [1.165, 1.54) is 25.4 Å². The topological polar surface area (TPSA) is 117 Å². The Bertz CT molecular complexity index is 1020. The van der Waals surface area contributed by atoms with Crippen molar-refractivity contribution in [3.8, 4) is 17.2 Å². The highest BCUT2D eigenvalue weighted by Gasteiger charge is 2.13. The number of hydrogen-bond acceptors (Lipinski definition) is 7. The number of halogens is 1. The van der Waals surface area contributed by atoms with E-state index in [0.717, 1.165) is 5.56 Å². The first kappa shape index (κ1) is 17.8. The van der Waals surface area contributed by atoms with Crippen molar-refractivity contribution < 1.29 is 13.9 Å². The number of H-pyrrole nitrogens is 1. The van der Waals surface area contributed by atoms with Crippen molar-refractivity contribution in [1.82, 2.24) is 20.6 Å². The standard InChI is InChI=1S/C18H13FN6O2/c1-27-18(26)15-7-4-12(8-16(15)19)11-2-5-14(6-3-11)21-10-13(9-20)17-22-24-25-23-17/h2-8,10,21H,1H3,(H,22,23,24,25). The number of aromatic nitrogens is 4. The Kier molecular flexibility index (Phi) is 5.18. The number of carbonyl (C=O) groups excluding carboxylic acids is 1. The number of rotatable bonds is 5. The molecule has 2 aromatic carbocycles. The number of nitriles is 1. The molecule has 0 radical (unpaired) electrons. The van der Waals surface area contributed by atoms with E-state index < -0.39 is 11.8 Å². The average molecular weight is 364 g/mol. The number of ether oxygens (including phenoxy) is 1. The zero-order valence-corrected chi connectivity index (χ0v) is 14.1. The number of carbonyl (C=O) groups is 1. The molecule has 0 saturated heterocycles. The maximum Gasteiger partial charge on any atom is 0.340 e. The summed E-state index contributed by atoms with van der Waals surface area (Å²) in [6, 6.07) is 13.4. The Labute approximate surface area is 153 Å². The molecule has 134 valence electrons. The van der Waals surface area contributed by atoms with Crippen molar-refractivity contribution in [3.63, 3.8) is 0 Å². The lowest BCUT2D eigenvalue weighted by atomic mass is 10.0. The fraction of sp³-hybridized carbons (Fsp3) is 0.0556. The predicted octanol–water partition coefficient (Wildman–Crippen LogP) is 2.77. The maximum atomic E-state index is 14.1. The van der Waals surface area contributed by atoms with Crippen LogP contribution in [0.15, 0.2) is 48.7 Å². The SMILES string of the molecule is COC(=O)c1ccc(-c2ccc(NC=C(C#N)c3nn[nH]n3)cc2)cc1F. The Morgan fingerprint density at radius 2 is 2.00 bits per heavy atom. The molecule has 0 aliphatic carbocycles. The van der Waals surface area contributed by atoms with Crippen LogP contribution in [0.4, 0.5) is 10.1 Å². The van der Waals surface area contributed by atoms with Crippen LogP contribution in [0.5, 0.6) is 0 Å². The average Bonchev–Trinajstić information content (AvgIpc) is 3.23. The van der Waals surface area contributed by atoms with Crippen LogP contribution in [0.3, 0.4) is 0 Å². The van der Waals surface area contributed by atoms with E-state index in [1.54, 1.807) is 30.3 Å². The fourth-order valence-corrected chi connectivity index (χ4v) is 2.31.